The summed E-state index contributed by atoms with van der Waals surface area (Å²) in [5.74, 6) is 0. The Kier molecular flexibility index (Phi) is 4.54. The lowest BCUT2D eigenvalue weighted by Crippen LogP contribution is -2.15. The van der Waals surface area contributed by atoms with E-state index in [4.69, 9.17) is 0 Å². The molecule has 1 unspecified atom stereocenters. The third-order valence-corrected chi connectivity index (χ3v) is 2.26. The zero-order valence-electron chi connectivity index (χ0n) is 8.53. The largest absolute Gasteiger partial charge is 0.335 e. The predicted molar refractivity (Wildman–Crippen MR) is 54.7 cm³/mol. The van der Waals surface area contributed by atoms with Crippen LogP contribution in [0.5, 0.6) is 0 Å². The van der Waals surface area contributed by atoms with Crippen molar-refractivity contribution in [2.24, 2.45) is 0 Å². The Morgan fingerprint density at radius 2 is 2.38 bits per heavy atom. The number of nitrogens with zero attached hydrogens (tertiary/aromatic N) is 2. The Hall–Kier alpha value is -0.830. The monoisotopic (exact) mass is 181 g/mol. The molecule has 1 aromatic rings. The number of nitrogens with one attached hydrogen (secondary N) is 1. The Bertz CT molecular complexity index is 206. The van der Waals surface area contributed by atoms with Gasteiger partial charge in [0.1, 0.15) is 0 Å². The Balaban J connectivity index is 2.15. The number of aromatic nitrogens is 2. The van der Waals surface area contributed by atoms with Gasteiger partial charge in [0.15, 0.2) is 0 Å². The second kappa shape index (κ2) is 5.75. The molecule has 3 nitrogen and oxygen atoms in total. The van der Waals surface area contributed by atoms with Gasteiger partial charge < -0.3 is 9.88 Å². The van der Waals surface area contributed by atoms with Gasteiger partial charge in [-0.1, -0.05) is 6.92 Å². The summed E-state index contributed by atoms with van der Waals surface area (Å²) in [6, 6.07) is 0.571. The van der Waals surface area contributed by atoms with E-state index in [0.29, 0.717) is 6.04 Å². The Labute approximate surface area is 80.2 Å². The number of hydrogen-bond donors (Lipinski definition) is 1. The minimum absolute atomic E-state index is 0.571. The number of rotatable bonds is 6. The van der Waals surface area contributed by atoms with Crippen molar-refractivity contribution >= 4 is 0 Å². The van der Waals surface area contributed by atoms with Crippen LogP contribution in [0.1, 0.15) is 32.7 Å². The second-order valence-electron chi connectivity index (χ2n) is 3.35. The molecule has 0 aliphatic rings. The van der Waals surface area contributed by atoms with Crippen LogP contribution >= 0.6 is 0 Å². The fourth-order valence-electron chi connectivity index (χ4n) is 1.38. The highest BCUT2D eigenvalue weighted by Crippen LogP contribution is 2.10. The molecule has 0 saturated carbocycles. The van der Waals surface area contributed by atoms with Gasteiger partial charge >= 0.3 is 0 Å². The SMILES string of the molecule is CCNCCCC(C)n1ccnc1. The normalized spacial score (nSPS) is 13.1. The maximum atomic E-state index is 4.03. The molecule has 0 aromatic carbocycles. The highest BCUT2D eigenvalue weighted by molar-refractivity contribution is 4.78. The van der Waals surface area contributed by atoms with Crippen molar-refractivity contribution in [1.29, 1.82) is 0 Å². The average molecular weight is 181 g/mol. The highest BCUT2D eigenvalue weighted by Gasteiger charge is 2.01. The molecule has 0 spiro atoms. The second-order valence-corrected chi connectivity index (χ2v) is 3.35. The zero-order chi connectivity index (χ0) is 9.52. The van der Waals surface area contributed by atoms with E-state index in [1.807, 2.05) is 18.7 Å². The first-order chi connectivity index (χ1) is 6.34. The van der Waals surface area contributed by atoms with Crippen LogP contribution in [0.2, 0.25) is 0 Å². The summed E-state index contributed by atoms with van der Waals surface area (Å²) >= 11 is 0. The molecule has 0 bridgehead atoms. The lowest BCUT2D eigenvalue weighted by Gasteiger charge is -2.12. The molecule has 0 amide bonds. The molecular weight excluding hydrogens is 162 g/mol. The van der Waals surface area contributed by atoms with Crippen LogP contribution in [-0.4, -0.2) is 22.6 Å². The maximum Gasteiger partial charge on any atom is 0.0948 e. The molecule has 1 atom stereocenters. The van der Waals surface area contributed by atoms with Gasteiger partial charge in [0.2, 0.25) is 0 Å². The summed E-state index contributed by atoms with van der Waals surface area (Å²) in [5, 5.41) is 3.32. The molecule has 1 rings (SSSR count). The molecule has 0 radical (unpaired) electrons. The molecular formula is C10H19N3. The molecule has 1 aromatic heterocycles. The summed E-state index contributed by atoms with van der Waals surface area (Å²) in [5.41, 5.74) is 0. The number of imidazole rings is 1. The fourth-order valence-corrected chi connectivity index (χ4v) is 1.38. The fraction of sp³-hybridized carbons (Fsp3) is 0.700. The summed E-state index contributed by atoms with van der Waals surface area (Å²) in [6.07, 6.45) is 8.19. The first-order valence-corrected chi connectivity index (χ1v) is 5.02. The molecule has 3 heteroatoms. The molecule has 0 saturated heterocycles. The zero-order valence-corrected chi connectivity index (χ0v) is 8.53. The van der Waals surface area contributed by atoms with Crippen LogP contribution in [0, 0.1) is 0 Å². The van der Waals surface area contributed by atoms with Gasteiger partial charge in [-0.3, -0.25) is 0 Å². The molecule has 0 aliphatic heterocycles. The van der Waals surface area contributed by atoms with E-state index >= 15 is 0 Å². The minimum Gasteiger partial charge on any atom is -0.335 e. The Morgan fingerprint density at radius 3 is 3.00 bits per heavy atom. The minimum atomic E-state index is 0.571. The quantitative estimate of drug-likeness (QED) is 0.679. The van der Waals surface area contributed by atoms with Gasteiger partial charge in [-0.2, -0.15) is 0 Å². The van der Waals surface area contributed by atoms with Crippen LogP contribution in [0.3, 0.4) is 0 Å². The van der Waals surface area contributed by atoms with Crippen molar-refractivity contribution in [1.82, 2.24) is 14.9 Å². The van der Waals surface area contributed by atoms with Crippen LogP contribution < -0.4 is 5.32 Å². The predicted octanol–water partition coefficient (Wildman–Crippen LogP) is 1.83. The van der Waals surface area contributed by atoms with E-state index in [2.05, 4.69) is 28.7 Å². The van der Waals surface area contributed by atoms with Crippen molar-refractivity contribution in [2.75, 3.05) is 13.1 Å². The van der Waals surface area contributed by atoms with Crippen LogP contribution in [0.25, 0.3) is 0 Å². The molecule has 1 N–H and O–H groups in total. The van der Waals surface area contributed by atoms with Gasteiger partial charge in [0.05, 0.1) is 6.33 Å². The molecule has 13 heavy (non-hydrogen) atoms. The maximum absolute atomic E-state index is 4.03. The number of hydrogen-bond acceptors (Lipinski definition) is 2. The summed E-state index contributed by atoms with van der Waals surface area (Å²) in [7, 11) is 0. The van der Waals surface area contributed by atoms with E-state index in [1.165, 1.54) is 12.8 Å². The van der Waals surface area contributed by atoms with Crippen LogP contribution in [0.4, 0.5) is 0 Å². The summed E-state index contributed by atoms with van der Waals surface area (Å²) in [6.45, 7) is 6.56. The lowest BCUT2D eigenvalue weighted by molar-refractivity contribution is 0.478. The van der Waals surface area contributed by atoms with Gasteiger partial charge in [-0.15, -0.1) is 0 Å². The van der Waals surface area contributed by atoms with Crippen LogP contribution in [-0.2, 0) is 0 Å². The van der Waals surface area contributed by atoms with Crippen molar-refractivity contribution in [2.45, 2.75) is 32.7 Å². The van der Waals surface area contributed by atoms with Gasteiger partial charge in [-0.05, 0) is 32.9 Å². The van der Waals surface area contributed by atoms with Crippen LogP contribution in [0.15, 0.2) is 18.7 Å². The standard InChI is InChI=1S/C10H19N3/c1-3-11-6-4-5-10(2)13-8-7-12-9-13/h7-11H,3-6H2,1-2H3. The average Bonchev–Trinajstić information content (AvgIpc) is 2.65. The topological polar surface area (TPSA) is 29.9 Å². The molecule has 0 aliphatic carbocycles. The molecule has 0 fully saturated rings. The molecule has 1 heterocycles. The third kappa shape index (κ3) is 3.59. The smallest absolute Gasteiger partial charge is 0.0948 e. The van der Waals surface area contributed by atoms with Crippen molar-refractivity contribution in [3.05, 3.63) is 18.7 Å². The van der Waals surface area contributed by atoms with Crippen molar-refractivity contribution < 1.29 is 0 Å². The highest BCUT2D eigenvalue weighted by atomic mass is 15.0. The van der Waals surface area contributed by atoms with Crippen molar-refractivity contribution in [3.63, 3.8) is 0 Å². The summed E-state index contributed by atoms with van der Waals surface area (Å²) < 4.78 is 2.16. The summed E-state index contributed by atoms with van der Waals surface area (Å²) in [4.78, 5) is 4.03. The lowest BCUT2D eigenvalue weighted by atomic mass is 10.2. The molecule has 74 valence electrons. The first kappa shape index (κ1) is 10.3. The third-order valence-electron chi connectivity index (χ3n) is 2.26. The van der Waals surface area contributed by atoms with E-state index in [9.17, 15) is 0 Å². The van der Waals surface area contributed by atoms with E-state index < -0.39 is 0 Å². The van der Waals surface area contributed by atoms with Gasteiger partial charge in [-0.25, -0.2) is 4.98 Å². The van der Waals surface area contributed by atoms with Gasteiger partial charge in [0, 0.05) is 18.4 Å². The first-order valence-electron chi connectivity index (χ1n) is 5.02. The van der Waals surface area contributed by atoms with E-state index in [1.54, 1.807) is 0 Å². The van der Waals surface area contributed by atoms with Crippen molar-refractivity contribution in [3.8, 4) is 0 Å². The van der Waals surface area contributed by atoms with E-state index in [0.717, 1.165) is 13.1 Å². The van der Waals surface area contributed by atoms with E-state index in [-0.39, 0.29) is 0 Å². The van der Waals surface area contributed by atoms with Gasteiger partial charge in [0.25, 0.3) is 0 Å². The Morgan fingerprint density at radius 1 is 1.54 bits per heavy atom.